The summed E-state index contributed by atoms with van der Waals surface area (Å²) in [5.41, 5.74) is 1.78. The molecule has 1 saturated carbocycles. The molecule has 154 valence electrons. The zero-order valence-electron chi connectivity index (χ0n) is 16.7. The van der Waals surface area contributed by atoms with Crippen LogP contribution < -0.4 is 5.32 Å². The Hall–Kier alpha value is -2.31. The van der Waals surface area contributed by atoms with Crippen LogP contribution in [-0.4, -0.2) is 55.5 Å². The number of benzene rings is 2. The fraction of sp³-hybridized carbons (Fsp3) is 0.435. The molecule has 1 aliphatic carbocycles. The van der Waals surface area contributed by atoms with Gasteiger partial charge in [-0.25, -0.2) is 8.78 Å². The first-order chi connectivity index (χ1) is 14.0. The van der Waals surface area contributed by atoms with E-state index in [2.05, 4.69) is 22.2 Å². The van der Waals surface area contributed by atoms with Crippen molar-refractivity contribution in [3.05, 3.63) is 71.3 Å². The topological polar surface area (TPSA) is 35.6 Å². The first-order valence-electron chi connectivity index (χ1n) is 10.2. The van der Waals surface area contributed by atoms with Crippen LogP contribution in [0.5, 0.6) is 0 Å². The minimum atomic E-state index is -0.856. The average Bonchev–Trinajstić information content (AvgIpc) is 3.53. The van der Waals surface area contributed by atoms with Gasteiger partial charge in [0.2, 0.25) is 5.91 Å². The number of nitrogens with zero attached hydrogens (tertiary/aromatic N) is 2. The van der Waals surface area contributed by atoms with E-state index in [1.54, 1.807) is 6.07 Å². The standard InChI is InChI=1S/C23H27F2N3O/c1-27-9-11-28(12-10-27)15-22(16-5-3-2-4-6-16)26-23(29)19-14-18(19)17-7-8-20(24)21(25)13-17/h2-8,13,18-19,22H,9-12,14-15H2,1H3,(H,26,29). The molecular weight excluding hydrogens is 372 g/mol. The van der Waals surface area contributed by atoms with Gasteiger partial charge in [0.15, 0.2) is 11.6 Å². The summed E-state index contributed by atoms with van der Waals surface area (Å²) < 4.78 is 26.7. The summed E-state index contributed by atoms with van der Waals surface area (Å²) in [7, 11) is 2.12. The van der Waals surface area contributed by atoms with Crippen LogP contribution >= 0.6 is 0 Å². The molecule has 3 unspecified atom stereocenters. The lowest BCUT2D eigenvalue weighted by molar-refractivity contribution is -0.123. The van der Waals surface area contributed by atoms with Gasteiger partial charge in [0.1, 0.15) is 0 Å². The van der Waals surface area contributed by atoms with Crippen molar-refractivity contribution in [2.24, 2.45) is 5.92 Å². The van der Waals surface area contributed by atoms with Crippen LogP contribution in [-0.2, 0) is 4.79 Å². The van der Waals surface area contributed by atoms with E-state index in [0.717, 1.165) is 44.4 Å². The third-order valence-electron chi connectivity index (χ3n) is 6.05. The molecule has 1 amide bonds. The number of nitrogens with one attached hydrogen (secondary N) is 1. The molecule has 0 radical (unpaired) electrons. The predicted molar refractivity (Wildman–Crippen MR) is 108 cm³/mol. The number of likely N-dealkylation sites (N-methyl/N-ethyl adjacent to an activating group) is 1. The molecule has 6 heteroatoms. The number of halogens is 2. The summed E-state index contributed by atoms with van der Waals surface area (Å²) in [5.74, 6) is -1.94. The third kappa shape index (κ3) is 4.82. The zero-order chi connectivity index (χ0) is 20.4. The van der Waals surface area contributed by atoms with Gasteiger partial charge in [-0.05, 0) is 42.6 Å². The Kier molecular flexibility index (Phi) is 5.92. The molecule has 1 saturated heterocycles. The molecule has 29 heavy (non-hydrogen) atoms. The van der Waals surface area contributed by atoms with E-state index < -0.39 is 11.6 Å². The fourth-order valence-electron chi connectivity index (χ4n) is 4.08. The second-order valence-corrected chi connectivity index (χ2v) is 8.20. The van der Waals surface area contributed by atoms with Gasteiger partial charge >= 0.3 is 0 Å². The van der Waals surface area contributed by atoms with Crippen LogP contribution in [0.4, 0.5) is 8.78 Å². The molecule has 2 fully saturated rings. The number of amides is 1. The van der Waals surface area contributed by atoms with Gasteiger partial charge in [-0.15, -0.1) is 0 Å². The largest absolute Gasteiger partial charge is 0.348 e. The van der Waals surface area contributed by atoms with Crippen LogP contribution in [0, 0.1) is 17.6 Å². The Bertz CT molecular complexity index is 852. The van der Waals surface area contributed by atoms with Crippen molar-refractivity contribution in [2.75, 3.05) is 39.8 Å². The molecule has 2 aromatic carbocycles. The lowest BCUT2D eigenvalue weighted by Gasteiger charge is -2.35. The minimum absolute atomic E-state index is 0.0114. The molecule has 3 atom stereocenters. The van der Waals surface area contributed by atoms with Gasteiger partial charge in [-0.1, -0.05) is 36.4 Å². The molecule has 1 N–H and O–H groups in total. The quantitative estimate of drug-likeness (QED) is 0.811. The molecular formula is C23H27F2N3O. The van der Waals surface area contributed by atoms with Gasteiger partial charge < -0.3 is 10.2 Å². The van der Waals surface area contributed by atoms with Gasteiger partial charge in [0.25, 0.3) is 0 Å². The highest BCUT2D eigenvalue weighted by Crippen LogP contribution is 2.48. The van der Waals surface area contributed by atoms with Gasteiger partial charge in [0, 0.05) is 38.6 Å². The molecule has 4 rings (SSSR count). The molecule has 0 spiro atoms. The van der Waals surface area contributed by atoms with E-state index in [9.17, 15) is 13.6 Å². The number of piperazine rings is 1. The molecule has 0 bridgehead atoms. The summed E-state index contributed by atoms with van der Waals surface area (Å²) in [6, 6.07) is 13.9. The third-order valence-corrected chi connectivity index (χ3v) is 6.05. The molecule has 2 aromatic rings. The highest BCUT2D eigenvalue weighted by Gasteiger charge is 2.44. The van der Waals surface area contributed by atoms with Crippen molar-refractivity contribution in [2.45, 2.75) is 18.4 Å². The normalized spacial score (nSPS) is 23.6. The van der Waals surface area contributed by atoms with Crippen molar-refractivity contribution in [1.82, 2.24) is 15.1 Å². The monoisotopic (exact) mass is 399 g/mol. The molecule has 1 aliphatic heterocycles. The number of rotatable bonds is 6. The molecule has 2 aliphatic rings. The van der Waals surface area contributed by atoms with Crippen molar-refractivity contribution in [1.29, 1.82) is 0 Å². The van der Waals surface area contributed by atoms with Crippen molar-refractivity contribution in [3.63, 3.8) is 0 Å². The van der Waals surface area contributed by atoms with Gasteiger partial charge in [-0.3, -0.25) is 9.69 Å². The first kappa shape index (κ1) is 20.0. The maximum atomic E-state index is 13.5. The van der Waals surface area contributed by atoms with Crippen molar-refractivity contribution < 1.29 is 13.6 Å². The van der Waals surface area contributed by atoms with E-state index in [4.69, 9.17) is 0 Å². The highest BCUT2D eigenvalue weighted by molar-refractivity contribution is 5.83. The van der Waals surface area contributed by atoms with E-state index in [1.165, 1.54) is 6.07 Å². The average molecular weight is 399 g/mol. The second kappa shape index (κ2) is 8.59. The first-order valence-corrected chi connectivity index (χ1v) is 10.2. The minimum Gasteiger partial charge on any atom is -0.348 e. The van der Waals surface area contributed by atoms with Crippen molar-refractivity contribution >= 4 is 5.91 Å². The van der Waals surface area contributed by atoms with E-state index in [1.807, 2.05) is 30.3 Å². The number of carbonyl (C=O) groups excluding carboxylic acids is 1. The molecule has 1 heterocycles. The Morgan fingerprint density at radius 3 is 2.48 bits per heavy atom. The van der Waals surface area contributed by atoms with E-state index >= 15 is 0 Å². The van der Waals surface area contributed by atoms with Crippen LogP contribution in [0.15, 0.2) is 48.5 Å². The molecule has 4 nitrogen and oxygen atoms in total. The van der Waals surface area contributed by atoms with E-state index in [0.29, 0.717) is 12.0 Å². The second-order valence-electron chi connectivity index (χ2n) is 8.20. The maximum Gasteiger partial charge on any atom is 0.224 e. The lowest BCUT2D eigenvalue weighted by atomic mass is 10.0. The Morgan fingerprint density at radius 1 is 1.07 bits per heavy atom. The maximum absolute atomic E-state index is 13.5. The predicted octanol–water partition coefficient (Wildman–Crippen LogP) is 3.17. The van der Waals surface area contributed by atoms with Gasteiger partial charge in [0.05, 0.1) is 6.04 Å². The van der Waals surface area contributed by atoms with E-state index in [-0.39, 0.29) is 23.8 Å². The number of hydrogen-bond acceptors (Lipinski definition) is 3. The SMILES string of the molecule is CN1CCN(CC(NC(=O)C2CC2c2ccc(F)c(F)c2)c2ccccc2)CC1. The smallest absolute Gasteiger partial charge is 0.224 e. The lowest BCUT2D eigenvalue weighted by Crippen LogP contribution is -2.48. The summed E-state index contributed by atoms with van der Waals surface area (Å²) >= 11 is 0. The highest BCUT2D eigenvalue weighted by atomic mass is 19.2. The summed E-state index contributed by atoms with van der Waals surface area (Å²) in [6.45, 7) is 4.78. The van der Waals surface area contributed by atoms with Crippen LogP contribution in [0.3, 0.4) is 0 Å². The summed E-state index contributed by atoms with van der Waals surface area (Å²) in [5, 5.41) is 3.22. The molecule has 0 aromatic heterocycles. The van der Waals surface area contributed by atoms with Crippen LogP contribution in [0.1, 0.15) is 29.5 Å². The zero-order valence-corrected chi connectivity index (χ0v) is 16.7. The van der Waals surface area contributed by atoms with Gasteiger partial charge in [-0.2, -0.15) is 0 Å². The summed E-state index contributed by atoms with van der Waals surface area (Å²) in [4.78, 5) is 17.6. The Balaban J connectivity index is 1.42. The van der Waals surface area contributed by atoms with Crippen LogP contribution in [0.25, 0.3) is 0 Å². The fourth-order valence-corrected chi connectivity index (χ4v) is 4.08. The number of hydrogen-bond donors (Lipinski definition) is 1. The van der Waals surface area contributed by atoms with Crippen molar-refractivity contribution in [3.8, 4) is 0 Å². The number of carbonyl (C=O) groups is 1. The summed E-state index contributed by atoms with van der Waals surface area (Å²) in [6.07, 6.45) is 0.674. The Labute approximate surface area is 170 Å². The Morgan fingerprint density at radius 2 is 1.79 bits per heavy atom. The van der Waals surface area contributed by atoms with Crippen LogP contribution in [0.2, 0.25) is 0 Å².